The molecule has 4 aromatic rings. The molecule has 0 aliphatic heterocycles. The molecule has 0 amide bonds. The van der Waals surface area contributed by atoms with Crippen LogP contribution in [0.5, 0.6) is 5.75 Å². The average molecular weight is 404 g/mol. The number of hydrogen-bond acceptors (Lipinski definition) is 5. The highest BCUT2D eigenvalue weighted by molar-refractivity contribution is 7.87. The molecule has 0 radical (unpaired) electrons. The lowest BCUT2D eigenvalue weighted by molar-refractivity contribution is 0.103. The van der Waals surface area contributed by atoms with Crippen molar-refractivity contribution in [1.29, 1.82) is 0 Å². The third-order valence-electron chi connectivity index (χ3n) is 4.23. The van der Waals surface area contributed by atoms with Crippen molar-refractivity contribution in [2.75, 3.05) is 0 Å². The second-order valence-corrected chi connectivity index (χ2v) is 7.73. The van der Waals surface area contributed by atoms with Crippen LogP contribution < -0.4 is 4.18 Å². The van der Waals surface area contributed by atoms with Crippen LogP contribution in [-0.4, -0.2) is 24.0 Å². The van der Waals surface area contributed by atoms with Crippen molar-refractivity contribution in [2.24, 2.45) is 0 Å². The minimum absolute atomic E-state index is 0.0131. The van der Waals surface area contributed by atoms with E-state index in [4.69, 9.17) is 4.18 Å². The Balaban J connectivity index is 1.65. The highest BCUT2D eigenvalue weighted by Gasteiger charge is 2.22. The molecule has 0 fully saturated rings. The number of rotatable bonds is 6. The van der Waals surface area contributed by atoms with E-state index in [0.29, 0.717) is 5.56 Å². The second kappa shape index (κ2) is 7.73. The van der Waals surface area contributed by atoms with Gasteiger partial charge in [0.2, 0.25) is 0 Å². The van der Waals surface area contributed by atoms with Crippen LogP contribution in [0.1, 0.15) is 15.9 Å². The molecule has 144 valence electrons. The van der Waals surface area contributed by atoms with Crippen molar-refractivity contribution in [3.05, 3.63) is 108 Å². The van der Waals surface area contributed by atoms with Crippen LogP contribution in [0.25, 0.3) is 5.69 Å². The maximum atomic E-state index is 13.0. The van der Waals surface area contributed by atoms with Gasteiger partial charge in [-0.2, -0.15) is 13.5 Å². The topological polar surface area (TPSA) is 78.3 Å². The van der Waals surface area contributed by atoms with Crippen molar-refractivity contribution in [3.63, 3.8) is 0 Å². The lowest BCUT2D eigenvalue weighted by Gasteiger charge is -2.10. The molecule has 0 unspecified atom stereocenters. The van der Waals surface area contributed by atoms with Gasteiger partial charge in [-0.05, 0) is 36.4 Å². The summed E-state index contributed by atoms with van der Waals surface area (Å²) in [5.74, 6) is -0.417. The summed E-state index contributed by atoms with van der Waals surface area (Å²) in [7, 11) is -4.06. The van der Waals surface area contributed by atoms with E-state index in [1.807, 2.05) is 30.3 Å². The van der Waals surface area contributed by atoms with Crippen LogP contribution in [-0.2, 0) is 10.1 Å². The molecule has 1 aromatic heterocycles. The first kappa shape index (κ1) is 18.6. The van der Waals surface area contributed by atoms with Crippen LogP contribution >= 0.6 is 0 Å². The molecule has 7 heteroatoms. The second-order valence-electron chi connectivity index (χ2n) is 6.18. The Bertz CT molecular complexity index is 1250. The van der Waals surface area contributed by atoms with E-state index in [9.17, 15) is 13.2 Å². The van der Waals surface area contributed by atoms with Gasteiger partial charge < -0.3 is 4.18 Å². The molecule has 0 spiro atoms. The number of carbonyl (C=O) groups excluding carboxylic acids is 1. The van der Waals surface area contributed by atoms with Crippen LogP contribution in [0, 0.1) is 0 Å². The molecule has 0 aliphatic rings. The van der Waals surface area contributed by atoms with Crippen molar-refractivity contribution in [2.45, 2.75) is 4.90 Å². The Hall–Kier alpha value is -3.71. The predicted molar refractivity (Wildman–Crippen MR) is 108 cm³/mol. The standard InChI is InChI=1S/C22H16N2O4S/c25-22(17-15-23-24(16-17)18-9-3-1-4-10-18)20-13-7-8-14-21(20)28-29(26,27)19-11-5-2-6-12-19/h1-16H. The molecule has 6 nitrogen and oxygen atoms in total. The largest absolute Gasteiger partial charge is 0.378 e. The lowest BCUT2D eigenvalue weighted by atomic mass is 10.1. The van der Waals surface area contributed by atoms with Crippen LogP contribution in [0.4, 0.5) is 0 Å². The summed E-state index contributed by atoms with van der Waals surface area (Å²) in [5.41, 5.74) is 1.27. The molecular formula is C22H16N2O4S. The smallest absolute Gasteiger partial charge is 0.339 e. The van der Waals surface area contributed by atoms with Gasteiger partial charge in [-0.25, -0.2) is 4.68 Å². The summed E-state index contributed by atoms with van der Waals surface area (Å²) >= 11 is 0. The summed E-state index contributed by atoms with van der Waals surface area (Å²) in [5, 5.41) is 4.22. The summed E-state index contributed by atoms with van der Waals surface area (Å²) in [6, 6.07) is 23.4. The van der Waals surface area contributed by atoms with E-state index < -0.39 is 10.1 Å². The Labute approximate surface area is 168 Å². The zero-order chi connectivity index (χ0) is 20.3. The van der Waals surface area contributed by atoms with E-state index in [1.165, 1.54) is 30.5 Å². The Kier molecular flexibility index (Phi) is 4.97. The molecule has 0 bridgehead atoms. The van der Waals surface area contributed by atoms with Crippen LogP contribution in [0.2, 0.25) is 0 Å². The zero-order valence-electron chi connectivity index (χ0n) is 15.2. The fourth-order valence-electron chi connectivity index (χ4n) is 2.80. The monoisotopic (exact) mass is 404 g/mol. The molecular weight excluding hydrogens is 388 g/mol. The molecule has 0 saturated carbocycles. The van der Waals surface area contributed by atoms with E-state index >= 15 is 0 Å². The molecule has 0 N–H and O–H groups in total. The van der Waals surface area contributed by atoms with Crippen molar-refractivity contribution < 1.29 is 17.4 Å². The van der Waals surface area contributed by atoms with Gasteiger partial charge in [0.1, 0.15) is 4.90 Å². The van der Waals surface area contributed by atoms with E-state index in [2.05, 4.69) is 5.10 Å². The maximum absolute atomic E-state index is 13.0. The lowest BCUT2D eigenvalue weighted by Crippen LogP contribution is -2.12. The number of aromatic nitrogens is 2. The van der Waals surface area contributed by atoms with Crippen molar-refractivity contribution >= 4 is 15.9 Å². The quantitative estimate of drug-likeness (QED) is 0.360. The Morgan fingerprint density at radius 2 is 1.45 bits per heavy atom. The molecule has 0 saturated heterocycles. The van der Waals surface area contributed by atoms with Crippen LogP contribution in [0.15, 0.2) is 102 Å². The van der Waals surface area contributed by atoms with Gasteiger partial charge in [-0.15, -0.1) is 0 Å². The molecule has 4 rings (SSSR count). The number of nitrogens with zero attached hydrogens (tertiary/aromatic N) is 2. The first-order chi connectivity index (χ1) is 14.0. The molecule has 3 aromatic carbocycles. The van der Waals surface area contributed by atoms with Crippen LogP contribution in [0.3, 0.4) is 0 Å². The first-order valence-electron chi connectivity index (χ1n) is 8.78. The average Bonchev–Trinajstić information content (AvgIpc) is 3.25. The van der Waals surface area contributed by atoms with Gasteiger partial charge in [0.15, 0.2) is 11.5 Å². The Morgan fingerprint density at radius 3 is 2.17 bits per heavy atom. The highest BCUT2D eigenvalue weighted by Crippen LogP contribution is 2.25. The number of para-hydroxylation sites is 2. The predicted octanol–water partition coefficient (Wildman–Crippen LogP) is 3.87. The normalized spacial score (nSPS) is 11.2. The van der Waals surface area contributed by atoms with Gasteiger partial charge in [0.05, 0.1) is 23.0 Å². The number of benzene rings is 3. The minimum Gasteiger partial charge on any atom is -0.378 e. The van der Waals surface area contributed by atoms with E-state index in [1.54, 1.807) is 41.2 Å². The third-order valence-corrected chi connectivity index (χ3v) is 5.48. The highest BCUT2D eigenvalue weighted by atomic mass is 32.2. The zero-order valence-corrected chi connectivity index (χ0v) is 16.0. The fraction of sp³-hybridized carbons (Fsp3) is 0. The SMILES string of the molecule is O=C(c1cnn(-c2ccccc2)c1)c1ccccc1OS(=O)(=O)c1ccccc1. The van der Waals surface area contributed by atoms with Gasteiger partial charge in [-0.1, -0.05) is 48.5 Å². The van der Waals surface area contributed by atoms with Crippen molar-refractivity contribution in [1.82, 2.24) is 9.78 Å². The summed E-state index contributed by atoms with van der Waals surface area (Å²) in [6.45, 7) is 0. The van der Waals surface area contributed by atoms with Gasteiger partial charge in [-0.3, -0.25) is 4.79 Å². The number of hydrogen-bond donors (Lipinski definition) is 0. The van der Waals surface area contributed by atoms with E-state index in [-0.39, 0.29) is 22.0 Å². The third kappa shape index (κ3) is 3.95. The number of ketones is 1. The van der Waals surface area contributed by atoms with Gasteiger partial charge >= 0.3 is 10.1 Å². The molecule has 0 atom stereocenters. The van der Waals surface area contributed by atoms with Crippen molar-refractivity contribution in [3.8, 4) is 11.4 Å². The first-order valence-corrected chi connectivity index (χ1v) is 10.2. The summed E-state index contributed by atoms with van der Waals surface area (Å²) < 4.78 is 32.0. The molecule has 29 heavy (non-hydrogen) atoms. The van der Waals surface area contributed by atoms with Gasteiger partial charge in [0, 0.05) is 6.20 Å². The Morgan fingerprint density at radius 1 is 0.828 bits per heavy atom. The minimum atomic E-state index is -4.06. The molecule has 1 heterocycles. The van der Waals surface area contributed by atoms with Gasteiger partial charge in [0.25, 0.3) is 0 Å². The van der Waals surface area contributed by atoms with E-state index in [0.717, 1.165) is 5.69 Å². The number of carbonyl (C=O) groups is 1. The summed E-state index contributed by atoms with van der Waals surface area (Å²) in [4.78, 5) is 13.0. The fourth-order valence-corrected chi connectivity index (χ4v) is 3.77. The summed E-state index contributed by atoms with van der Waals surface area (Å²) in [6.07, 6.45) is 3.04. The maximum Gasteiger partial charge on any atom is 0.339 e. The molecule has 0 aliphatic carbocycles.